The molecular formula is C25H28FN7. The van der Waals surface area contributed by atoms with Crippen LogP contribution in [-0.4, -0.2) is 32.3 Å². The first-order chi connectivity index (χ1) is 16.0. The third kappa shape index (κ3) is 4.95. The number of aliphatic imine (C=N–C) groups is 1. The maximum atomic E-state index is 14.7. The molecule has 0 unspecified atom stereocenters. The summed E-state index contributed by atoms with van der Waals surface area (Å²) in [7, 11) is 1.72. The van der Waals surface area contributed by atoms with Crippen molar-refractivity contribution in [2.75, 3.05) is 7.05 Å². The van der Waals surface area contributed by atoms with E-state index in [1.807, 2.05) is 43.7 Å². The number of rotatable bonds is 6. The van der Waals surface area contributed by atoms with Crippen molar-refractivity contribution < 1.29 is 4.39 Å². The standard InChI is InChI=1S/C25H28FN7/c1-17-13-18(2)33(31-17)23-8-6-5-7-21(23)16-30-25(27-4)29-15-20-9-10-24(22(26)14-20)32-12-11-28-19(32)3/h5-14H,15-16H2,1-4H3,(H2,27,29,30). The number of aromatic nitrogens is 4. The Morgan fingerprint density at radius 2 is 1.79 bits per heavy atom. The van der Waals surface area contributed by atoms with E-state index in [-0.39, 0.29) is 5.82 Å². The largest absolute Gasteiger partial charge is 0.352 e. The highest BCUT2D eigenvalue weighted by atomic mass is 19.1. The molecule has 0 amide bonds. The summed E-state index contributed by atoms with van der Waals surface area (Å²) in [6.07, 6.45) is 3.41. The van der Waals surface area contributed by atoms with E-state index in [0.29, 0.717) is 24.7 Å². The fourth-order valence-electron chi connectivity index (χ4n) is 3.81. The van der Waals surface area contributed by atoms with Gasteiger partial charge in [0.15, 0.2) is 5.96 Å². The minimum absolute atomic E-state index is 0.294. The van der Waals surface area contributed by atoms with Crippen molar-refractivity contribution in [2.45, 2.75) is 33.9 Å². The molecule has 33 heavy (non-hydrogen) atoms. The van der Waals surface area contributed by atoms with Crippen molar-refractivity contribution in [3.8, 4) is 11.4 Å². The normalized spacial score (nSPS) is 11.6. The van der Waals surface area contributed by atoms with Gasteiger partial charge in [-0.05, 0) is 56.2 Å². The van der Waals surface area contributed by atoms with Crippen LogP contribution in [0.5, 0.6) is 0 Å². The van der Waals surface area contributed by atoms with Crippen LogP contribution in [0.15, 0.2) is 65.9 Å². The van der Waals surface area contributed by atoms with Gasteiger partial charge in [0.05, 0.1) is 17.1 Å². The zero-order chi connectivity index (χ0) is 23.4. The van der Waals surface area contributed by atoms with E-state index in [1.54, 1.807) is 30.1 Å². The molecule has 2 heterocycles. The zero-order valence-corrected chi connectivity index (χ0v) is 19.3. The Morgan fingerprint density at radius 3 is 2.45 bits per heavy atom. The molecule has 170 valence electrons. The van der Waals surface area contributed by atoms with Gasteiger partial charge < -0.3 is 15.2 Å². The van der Waals surface area contributed by atoms with Gasteiger partial charge in [-0.15, -0.1) is 0 Å². The molecule has 4 rings (SSSR count). The van der Waals surface area contributed by atoms with Gasteiger partial charge in [-0.25, -0.2) is 14.1 Å². The fraction of sp³-hybridized carbons (Fsp3) is 0.240. The van der Waals surface area contributed by atoms with Crippen LogP contribution in [0.1, 0.15) is 28.3 Å². The Hall–Kier alpha value is -3.94. The number of aryl methyl sites for hydroxylation is 3. The average molecular weight is 446 g/mol. The van der Waals surface area contributed by atoms with Gasteiger partial charge in [-0.1, -0.05) is 24.3 Å². The second-order valence-electron chi connectivity index (χ2n) is 7.88. The predicted molar refractivity (Wildman–Crippen MR) is 128 cm³/mol. The van der Waals surface area contributed by atoms with Gasteiger partial charge in [0.2, 0.25) is 0 Å². The highest BCUT2D eigenvalue weighted by Gasteiger charge is 2.11. The van der Waals surface area contributed by atoms with Gasteiger partial charge in [-0.3, -0.25) is 4.99 Å². The van der Waals surface area contributed by atoms with Crippen LogP contribution in [0.3, 0.4) is 0 Å². The minimum atomic E-state index is -0.294. The van der Waals surface area contributed by atoms with Crippen molar-refractivity contribution in [2.24, 2.45) is 4.99 Å². The highest BCUT2D eigenvalue weighted by molar-refractivity contribution is 5.79. The molecule has 8 heteroatoms. The molecule has 0 aliphatic carbocycles. The van der Waals surface area contributed by atoms with Crippen LogP contribution in [0.2, 0.25) is 0 Å². The summed E-state index contributed by atoms with van der Waals surface area (Å²) < 4.78 is 18.4. The SMILES string of the molecule is CN=C(NCc1ccc(-n2ccnc2C)c(F)c1)NCc1ccccc1-n1nc(C)cc1C. The third-order valence-corrected chi connectivity index (χ3v) is 5.46. The molecule has 0 radical (unpaired) electrons. The second-order valence-corrected chi connectivity index (χ2v) is 7.88. The molecule has 7 nitrogen and oxygen atoms in total. The zero-order valence-electron chi connectivity index (χ0n) is 19.3. The van der Waals surface area contributed by atoms with Crippen molar-refractivity contribution in [3.63, 3.8) is 0 Å². The summed E-state index contributed by atoms with van der Waals surface area (Å²) in [5.74, 6) is 1.08. The molecule has 0 saturated heterocycles. The number of hydrogen-bond acceptors (Lipinski definition) is 3. The maximum absolute atomic E-state index is 14.7. The average Bonchev–Trinajstić information content (AvgIpc) is 3.38. The van der Waals surface area contributed by atoms with E-state index in [1.165, 1.54) is 6.07 Å². The van der Waals surface area contributed by atoms with E-state index in [0.717, 1.165) is 34.0 Å². The van der Waals surface area contributed by atoms with Crippen LogP contribution in [0.4, 0.5) is 4.39 Å². The van der Waals surface area contributed by atoms with Crippen LogP contribution in [-0.2, 0) is 13.1 Å². The van der Waals surface area contributed by atoms with Gasteiger partial charge >= 0.3 is 0 Å². The summed E-state index contributed by atoms with van der Waals surface area (Å²) in [5.41, 5.74) is 5.49. The molecule has 0 bridgehead atoms. The molecule has 2 aromatic heterocycles. The summed E-state index contributed by atoms with van der Waals surface area (Å²) in [5, 5.41) is 11.2. The third-order valence-electron chi connectivity index (χ3n) is 5.46. The molecule has 0 fully saturated rings. The summed E-state index contributed by atoms with van der Waals surface area (Å²) in [6, 6.07) is 15.4. The number of para-hydroxylation sites is 1. The van der Waals surface area contributed by atoms with Gasteiger partial charge in [-0.2, -0.15) is 5.10 Å². The molecule has 0 saturated carbocycles. The lowest BCUT2D eigenvalue weighted by molar-refractivity contribution is 0.613. The Morgan fingerprint density at radius 1 is 1.00 bits per heavy atom. The van der Waals surface area contributed by atoms with Crippen LogP contribution in [0, 0.1) is 26.6 Å². The number of imidazole rings is 1. The van der Waals surface area contributed by atoms with E-state index in [2.05, 4.69) is 43.9 Å². The molecule has 4 aromatic rings. The van der Waals surface area contributed by atoms with E-state index >= 15 is 0 Å². The smallest absolute Gasteiger partial charge is 0.191 e. The number of guanidine groups is 1. The Kier molecular flexibility index (Phi) is 6.53. The van der Waals surface area contributed by atoms with E-state index < -0.39 is 0 Å². The Balaban J connectivity index is 1.41. The van der Waals surface area contributed by atoms with Gasteiger partial charge in [0, 0.05) is 38.2 Å². The molecule has 2 aromatic carbocycles. The van der Waals surface area contributed by atoms with Crippen molar-refractivity contribution in [1.82, 2.24) is 30.0 Å². The van der Waals surface area contributed by atoms with Gasteiger partial charge in [0.1, 0.15) is 11.6 Å². The molecule has 0 spiro atoms. The maximum Gasteiger partial charge on any atom is 0.191 e. The second kappa shape index (κ2) is 9.68. The quantitative estimate of drug-likeness (QED) is 0.348. The highest BCUT2D eigenvalue weighted by Crippen LogP contribution is 2.18. The fourth-order valence-corrected chi connectivity index (χ4v) is 3.81. The Bertz CT molecular complexity index is 1290. The lowest BCUT2D eigenvalue weighted by Crippen LogP contribution is -2.36. The number of hydrogen-bond donors (Lipinski definition) is 2. The van der Waals surface area contributed by atoms with Crippen molar-refractivity contribution in [1.29, 1.82) is 0 Å². The first-order valence-electron chi connectivity index (χ1n) is 10.8. The first kappa shape index (κ1) is 22.3. The van der Waals surface area contributed by atoms with Crippen LogP contribution >= 0.6 is 0 Å². The molecule has 0 atom stereocenters. The monoisotopic (exact) mass is 445 g/mol. The summed E-state index contributed by atoms with van der Waals surface area (Å²) >= 11 is 0. The lowest BCUT2D eigenvalue weighted by Gasteiger charge is -2.15. The Labute approximate surface area is 193 Å². The summed E-state index contributed by atoms with van der Waals surface area (Å²) in [6.45, 7) is 6.89. The summed E-state index contributed by atoms with van der Waals surface area (Å²) in [4.78, 5) is 8.46. The van der Waals surface area contributed by atoms with E-state index in [4.69, 9.17) is 0 Å². The topological polar surface area (TPSA) is 72.1 Å². The lowest BCUT2D eigenvalue weighted by atomic mass is 10.1. The van der Waals surface area contributed by atoms with Crippen molar-refractivity contribution >= 4 is 5.96 Å². The molecule has 0 aliphatic rings. The van der Waals surface area contributed by atoms with Crippen LogP contribution < -0.4 is 10.6 Å². The molecule has 2 N–H and O–H groups in total. The predicted octanol–water partition coefficient (Wildman–Crippen LogP) is 3.99. The minimum Gasteiger partial charge on any atom is -0.352 e. The number of nitrogens with zero attached hydrogens (tertiary/aromatic N) is 5. The molecule has 0 aliphatic heterocycles. The van der Waals surface area contributed by atoms with E-state index in [9.17, 15) is 4.39 Å². The first-order valence-corrected chi connectivity index (χ1v) is 10.8. The van der Waals surface area contributed by atoms with Crippen LogP contribution in [0.25, 0.3) is 11.4 Å². The van der Waals surface area contributed by atoms with Crippen molar-refractivity contribution in [3.05, 3.63) is 95.1 Å². The van der Waals surface area contributed by atoms with Gasteiger partial charge in [0.25, 0.3) is 0 Å². The number of nitrogens with one attached hydrogen (secondary N) is 2. The number of halogens is 1. The molecular weight excluding hydrogens is 417 g/mol. The number of benzene rings is 2.